The summed E-state index contributed by atoms with van der Waals surface area (Å²) < 4.78 is 51.6. The van der Waals surface area contributed by atoms with Crippen molar-refractivity contribution in [3.05, 3.63) is 39.4 Å². The van der Waals surface area contributed by atoms with E-state index in [4.69, 9.17) is 39.8 Å². The van der Waals surface area contributed by atoms with Crippen molar-refractivity contribution < 1.29 is 62.2 Å². The summed E-state index contributed by atoms with van der Waals surface area (Å²) in [6, 6.07) is 1.23. The number of phosphoric acid groups is 2. The minimum absolute atomic E-state index is 0.113. The summed E-state index contributed by atoms with van der Waals surface area (Å²) in [6.45, 7) is -1.86. The van der Waals surface area contributed by atoms with E-state index in [-0.39, 0.29) is 22.9 Å². The topological polar surface area (TPSA) is 352 Å². The number of H-pyrrole nitrogens is 1. The number of nitrogens with zero attached hydrogens (tertiary/aromatic N) is 5. The standard InChI is InChI=1S/C19H26N8O15P2/c20-8-1-2-26(19(32)23-8)16-11(29)10(28)6(40-16)3-39-44(36,37)42-13-7(4-38-43(33,34)35)41-17(12(13)30)27-5-22-9-14(27)24-18(21)25-15(9)31/h1-2,5-7,10-13,16-17,28-30H,3-4H2,(H,36,37)(H2,20,23,32)(H2,33,34,35)(H3,21,24,25,31)/t6-,7-,10-,11-,12-,13-,16-,17-/m1/s1. The molecule has 5 heterocycles. The Kier molecular flexibility index (Phi) is 8.78. The summed E-state index contributed by atoms with van der Waals surface area (Å²) in [6.07, 6.45) is -11.2. The molecule has 0 aliphatic carbocycles. The van der Waals surface area contributed by atoms with Gasteiger partial charge in [-0.2, -0.15) is 9.97 Å². The molecule has 2 aliphatic rings. The first-order chi connectivity index (χ1) is 20.5. The fourth-order valence-corrected chi connectivity index (χ4v) is 5.89. The quantitative estimate of drug-likeness (QED) is 0.0930. The second kappa shape index (κ2) is 12.0. The van der Waals surface area contributed by atoms with E-state index in [1.165, 1.54) is 6.07 Å². The first-order valence-electron chi connectivity index (χ1n) is 12.3. The first-order valence-corrected chi connectivity index (χ1v) is 15.3. The zero-order chi connectivity index (χ0) is 32.1. The average Bonchev–Trinajstić information content (AvgIpc) is 3.56. The van der Waals surface area contributed by atoms with Crippen molar-refractivity contribution >= 4 is 38.6 Å². The first kappa shape index (κ1) is 32.2. The molecule has 0 spiro atoms. The van der Waals surface area contributed by atoms with Gasteiger partial charge in [0.1, 0.15) is 42.4 Å². The third kappa shape index (κ3) is 6.60. The number of fused-ring (bicyclic) bond motifs is 1. The maximum atomic E-state index is 12.9. The van der Waals surface area contributed by atoms with Gasteiger partial charge >= 0.3 is 21.3 Å². The van der Waals surface area contributed by atoms with Gasteiger partial charge in [-0.1, -0.05) is 0 Å². The molecule has 0 radical (unpaired) electrons. The van der Waals surface area contributed by atoms with Crippen LogP contribution in [0.5, 0.6) is 0 Å². The van der Waals surface area contributed by atoms with E-state index in [2.05, 4.69) is 24.5 Å². The molecular weight excluding hydrogens is 642 g/mol. The van der Waals surface area contributed by atoms with E-state index < -0.39 is 89.2 Å². The van der Waals surface area contributed by atoms with Crippen LogP contribution in [0, 0.1) is 0 Å². The monoisotopic (exact) mass is 668 g/mol. The lowest BCUT2D eigenvalue weighted by atomic mass is 10.1. The number of anilines is 2. The molecule has 0 bridgehead atoms. The molecule has 2 saturated heterocycles. The number of aliphatic hydroxyl groups is 3. The molecule has 25 heteroatoms. The smallest absolute Gasteiger partial charge is 0.387 e. The molecule has 5 rings (SSSR count). The summed E-state index contributed by atoms with van der Waals surface area (Å²) in [5, 5.41) is 31.8. The zero-order valence-electron chi connectivity index (χ0n) is 21.9. The van der Waals surface area contributed by atoms with Crippen LogP contribution >= 0.6 is 15.6 Å². The second-order valence-electron chi connectivity index (χ2n) is 9.54. The number of aromatic nitrogens is 6. The molecule has 3 aromatic heterocycles. The lowest BCUT2D eigenvalue weighted by molar-refractivity contribution is -0.0607. The Morgan fingerprint density at radius 3 is 2.27 bits per heavy atom. The van der Waals surface area contributed by atoms with Crippen LogP contribution in [0.4, 0.5) is 11.8 Å². The minimum atomic E-state index is -5.23. The fourth-order valence-electron chi connectivity index (χ4n) is 4.58. The van der Waals surface area contributed by atoms with E-state index in [0.29, 0.717) is 0 Å². The normalized spacial score (nSPS) is 30.6. The Hall–Kier alpha value is -3.15. The molecule has 2 fully saturated rings. The summed E-state index contributed by atoms with van der Waals surface area (Å²) in [4.78, 5) is 66.5. The number of imidazole rings is 1. The zero-order valence-corrected chi connectivity index (χ0v) is 23.7. The van der Waals surface area contributed by atoms with Crippen LogP contribution in [-0.4, -0.2) is 109 Å². The summed E-state index contributed by atoms with van der Waals surface area (Å²) in [5.41, 5.74) is 8.98. The minimum Gasteiger partial charge on any atom is -0.387 e. The lowest BCUT2D eigenvalue weighted by Crippen LogP contribution is -2.37. The Labute approximate surface area is 243 Å². The molecule has 9 atom stereocenters. The molecule has 0 aromatic carbocycles. The number of aliphatic hydroxyl groups excluding tert-OH is 3. The highest BCUT2D eigenvalue weighted by atomic mass is 31.2. The second-order valence-corrected chi connectivity index (χ2v) is 12.2. The highest BCUT2D eigenvalue weighted by Crippen LogP contribution is 2.50. The van der Waals surface area contributed by atoms with Crippen molar-refractivity contribution in [2.75, 3.05) is 24.7 Å². The van der Waals surface area contributed by atoms with Gasteiger partial charge in [0.05, 0.1) is 19.5 Å². The molecule has 44 heavy (non-hydrogen) atoms. The molecular formula is C19H26N8O15P2. The number of ether oxygens (including phenoxy) is 2. The number of aromatic amines is 1. The maximum Gasteiger partial charge on any atom is 0.472 e. The van der Waals surface area contributed by atoms with Gasteiger partial charge in [0.2, 0.25) is 5.95 Å². The number of hydrogen-bond acceptors (Lipinski definition) is 17. The molecule has 1 unspecified atom stereocenters. The van der Waals surface area contributed by atoms with Crippen LogP contribution in [0.2, 0.25) is 0 Å². The highest BCUT2D eigenvalue weighted by Gasteiger charge is 2.51. The summed E-state index contributed by atoms with van der Waals surface area (Å²) in [5.74, 6) is -0.432. The van der Waals surface area contributed by atoms with Gasteiger partial charge in [0.15, 0.2) is 23.6 Å². The van der Waals surface area contributed by atoms with Crippen LogP contribution < -0.4 is 22.7 Å². The van der Waals surface area contributed by atoms with Gasteiger partial charge in [0, 0.05) is 6.20 Å². The van der Waals surface area contributed by atoms with E-state index in [9.17, 15) is 38.9 Å². The van der Waals surface area contributed by atoms with E-state index >= 15 is 0 Å². The number of nitrogen functional groups attached to an aromatic ring is 2. The van der Waals surface area contributed by atoms with Crippen molar-refractivity contribution in [2.24, 2.45) is 0 Å². The Morgan fingerprint density at radius 2 is 1.59 bits per heavy atom. The van der Waals surface area contributed by atoms with Crippen molar-refractivity contribution in [3.63, 3.8) is 0 Å². The third-order valence-electron chi connectivity index (χ3n) is 6.56. The van der Waals surface area contributed by atoms with E-state index in [1.807, 2.05) is 0 Å². The largest absolute Gasteiger partial charge is 0.472 e. The third-order valence-corrected chi connectivity index (χ3v) is 8.03. The van der Waals surface area contributed by atoms with Crippen LogP contribution in [0.15, 0.2) is 28.2 Å². The number of nitrogens with two attached hydrogens (primary N) is 2. The van der Waals surface area contributed by atoms with Gasteiger partial charge in [-0.05, 0) is 6.07 Å². The van der Waals surface area contributed by atoms with Gasteiger partial charge in [-0.25, -0.2) is 18.9 Å². The molecule has 3 aromatic rings. The Morgan fingerprint density at radius 1 is 0.932 bits per heavy atom. The van der Waals surface area contributed by atoms with Crippen LogP contribution in [0.3, 0.4) is 0 Å². The van der Waals surface area contributed by atoms with Gasteiger partial charge in [-0.3, -0.25) is 32.5 Å². The van der Waals surface area contributed by atoms with Gasteiger partial charge in [0.25, 0.3) is 5.56 Å². The van der Waals surface area contributed by atoms with Gasteiger partial charge in [-0.15, -0.1) is 0 Å². The molecule has 2 aliphatic heterocycles. The Bertz CT molecular complexity index is 1740. The van der Waals surface area contributed by atoms with Crippen molar-refractivity contribution in [1.82, 2.24) is 29.1 Å². The summed E-state index contributed by atoms with van der Waals surface area (Å²) in [7, 11) is -10.3. The molecule has 242 valence electrons. The number of nitrogens with one attached hydrogen (secondary N) is 1. The Balaban J connectivity index is 1.32. The van der Waals surface area contributed by atoms with Crippen LogP contribution in [-0.2, 0) is 32.2 Å². The lowest BCUT2D eigenvalue weighted by Gasteiger charge is -2.24. The molecule has 11 N–H and O–H groups in total. The van der Waals surface area contributed by atoms with Crippen molar-refractivity contribution in [2.45, 2.75) is 49.1 Å². The molecule has 23 nitrogen and oxygen atoms in total. The van der Waals surface area contributed by atoms with Gasteiger partial charge < -0.3 is 50.9 Å². The predicted octanol–water partition coefficient (Wildman–Crippen LogP) is -3.97. The average molecular weight is 668 g/mol. The van der Waals surface area contributed by atoms with E-state index in [0.717, 1.165) is 21.7 Å². The fraction of sp³-hybridized carbons (Fsp3) is 0.526. The van der Waals surface area contributed by atoms with Crippen LogP contribution in [0.25, 0.3) is 11.2 Å². The SMILES string of the molecule is Nc1ccn([C@@H]2O[C@H](COP(=O)(O)O[C@H]3[C@@H](O)[C@H](n4cnc5c(=O)[nH]c(N)nc54)O[C@@H]3COP(=O)(O)O)[C@@H](O)[C@H]2O)c(=O)n1. The summed E-state index contributed by atoms with van der Waals surface area (Å²) >= 11 is 0. The van der Waals surface area contributed by atoms with Crippen LogP contribution in [0.1, 0.15) is 12.5 Å². The maximum absolute atomic E-state index is 12.9. The highest BCUT2D eigenvalue weighted by molar-refractivity contribution is 7.47. The number of phosphoric ester groups is 2. The van der Waals surface area contributed by atoms with E-state index in [1.54, 1.807) is 0 Å². The molecule has 0 amide bonds. The molecule has 0 saturated carbocycles. The number of hydrogen-bond donors (Lipinski definition) is 9. The predicted molar refractivity (Wildman–Crippen MR) is 140 cm³/mol. The van der Waals surface area contributed by atoms with Crippen molar-refractivity contribution in [1.29, 1.82) is 0 Å². The van der Waals surface area contributed by atoms with Crippen molar-refractivity contribution in [3.8, 4) is 0 Å². The number of rotatable bonds is 10.